The van der Waals surface area contributed by atoms with Gasteiger partial charge < -0.3 is 14.8 Å². The molecule has 2 N–H and O–H groups in total. The number of benzene rings is 3. The van der Waals surface area contributed by atoms with Gasteiger partial charge in [0.1, 0.15) is 11.5 Å². The lowest BCUT2D eigenvalue weighted by molar-refractivity contribution is -0.296. The maximum atomic E-state index is 13.9. The van der Waals surface area contributed by atoms with Crippen LogP contribution in [0.3, 0.4) is 0 Å². The Kier molecular flexibility index (Phi) is 6.77. The fourth-order valence-electron chi connectivity index (χ4n) is 3.40. The molecule has 188 valence electrons. The van der Waals surface area contributed by atoms with E-state index in [1.165, 1.54) is 24.3 Å². The Balaban J connectivity index is 1.51. The van der Waals surface area contributed by atoms with Crippen LogP contribution >= 0.6 is 0 Å². The lowest BCUT2D eigenvalue weighted by Crippen LogP contribution is -2.37. The minimum atomic E-state index is -4.71. The Bertz CT molecular complexity index is 1270. The maximum Gasteiger partial charge on any atom is 0.469 e. The standard InChI is InChI=1S/C24H17F6N3O3/c25-21(26)35-17-9-6-15(7-10-17)19(12-14-4-2-1-3-5-14)32-33-22(34)31-16-8-11-20-18(13-16)23(27,28)24(29,30)36-20/h1-11,13,21H,12H2,(H2,31,33,34). The topological polar surface area (TPSA) is 72.0 Å². The number of nitrogens with zero attached hydrogens (tertiary/aromatic N) is 1. The third-order valence-corrected chi connectivity index (χ3v) is 5.10. The first-order chi connectivity index (χ1) is 17.0. The second-order valence-electron chi connectivity index (χ2n) is 7.59. The molecule has 2 amide bonds. The molecule has 0 saturated carbocycles. The van der Waals surface area contributed by atoms with Crippen LogP contribution in [0.15, 0.2) is 77.9 Å². The average Bonchev–Trinajstić information content (AvgIpc) is 3.01. The summed E-state index contributed by atoms with van der Waals surface area (Å²) in [6, 6.07) is 16.4. The zero-order valence-corrected chi connectivity index (χ0v) is 18.2. The molecule has 6 nitrogen and oxygen atoms in total. The summed E-state index contributed by atoms with van der Waals surface area (Å²) in [5.74, 6) is -5.34. The quantitative estimate of drug-likeness (QED) is 0.229. The van der Waals surface area contributed by atoms with Crippen molar-refractivity contribution in [3.8, 4) is 11.5 Å². The fourth-order valence-corrected chi connectivity index (χ4v) is 3.40. The number of anilines is 1. The summed E-state index contributed by atoms with van der Waals surface area (Å²) in [5.41, 5.74) is 2.61. The number of amides is 2. The fraction of sp³-hybridized carbons (Fsp3) is 0.167. The molecule has 1 heterocycles. The summed E-state index contributed by atoms with van der Waals surface area (Å²) in [6.07, 6.45) is -4.46. The number of halogens is 6. The first-order valence-electron chi connectivity index (χ1n) is 10.4. The summed E-state index contributed by atoms with van der Waals surface area (Å²) >= 11 is 0. The number of urea groups is 1. The molecule has 0 aliphatic carbocycles. The maximum absolute atomic E-state index is 13.9. The minimum Gasteiger partial charge on any atom is -0.435 e. The highest BCUT2D eigenvalue weighted by Gasteiger charge is 2.66. The predicted octanol–water partition coefficient (Wildman–Crippen LogP) is 6.13. The van der Waals surface area contributed by atoms with E-state index in [1.54, 1.807) is 12.1 Å². The van der Waals surface area contributed by atoms with Crippen molar-refractivity contribution >= 4 is 17.4 Å². The van der Waals surface area contributed by atoms with Gasteiger partial charge in [-0.2, -0.15) is 31.4 Å². The zero-order valence-electron chi connectivity index (χ0n) is 18.2. The van der Waals surface area contributed by atoms with E-state index in [2.05, 4.69) is 25.3 Å². The number of alkyl halides is 6. The molecule has 0 unspecified atom stereocenters. The minimum absolute atomic E-state index is 0.0681. The van der Waals surface area contributed by atoms with Crippen LogP contribution in [0.2, 0.25) is 0 Å². The van der Waals surface area contributed by atoms with Gasteiger partial charge in [0.2, 0.25) is 0 Å². The van der Waals surface area contributed by atoms with Gasteiger partial charge in [0.25, 0.3) is 0 Å². The van der Waals surface area contributed by atoms with Crippen molar-refractivity contribution in [2.75, 3.05) is 5.32 Å². The van der Waals surface area contributed by atoms with Crippen molar-refractivity contribution in [1.29, 1.82) is 0 Å². The van der Waals surface area contributed by atoms with E-state index in [0.29, 0.717) is 17.3 Å². The summed E-state index contributed by atoms with van der Waals surface area (Å²) < 4.78 is 87.8. The SMILES string of the molecule is O=C(NN=C(Cc1ccccc1)c1ccc(OC(F)F)cc1)Nc1ccc2c(c1)C(F)(F)C(F)(F)O2. The number of hydrazone groups is 1. The van der Waals surface area contributed by atoms with Crippen LogP contribution in [0, 0.1) is 0 Å². The molecule has 0 spiro atoms. The Morgan fingerprint density at radius 2 is 1.67 bits per heavy atom. The summed E-state index contributed by atoms with van der Waals surface area (Å²) in [4.78, 5) is 12.4. The molecule has 3 aromatic rings. The van der Waals surface area contributed by atoms with Crippen molar-refractivity contribution in [2.24, 2.45) is 5.10 Å². The number of carbonyl (C=O) groups is 1. The van der Waals surface area contributed by atoms with Crippen molar-refractivity contribution < 1.29 is 40.6 Å². The highest BCUT2D eigenvalue weighted by atomic mass is 19.3. The molecule has 3 aromatic carbocycles. The van der Waals surface area contributed by atoms with Crippen LogP contribution in [0.1, 0.15) is 16.7 Å². The van der Waals surface area contributed by atoms with Gasteiger partial charge in [-0.05, 0) is 53.6 Å². The Morgan fingerprint density at radius 3 is 2.33 bits per heavy atom. The van der Waals surface area contributed by atoms with Gasteiger partial charge >= 0.3 is 24.7 Å². The Hall–Kier alpha value is -4.22. The molecule has 1 aliphatic rings. The van der Waals surface area contributed by atoms with Crippen molar-refractivity contribution in [2.45, 2.75) is 25.1 Å². The van der Waals surface area contributed by atoms with E-state index in [1.807, 2.05) is 18.2 Å². The van der Waals surface area contributed by atoms with E-state index < -0.39 is 36.0 Å². The first-order valence-corrected chi connectivity index (χ1v) is 10.4. The number of hydrogen-bond acceptors (Lipinski definition) is 4. The predicted molar refractivity (Wildman–Crippen MR) is 118 cm³/mol. The molecule has 0 aromatic heterocycles. The van der Waals surface area contributed by atoms with Gasteiger partial charge in [-0.3, -0.25) is 0 Å². The van der Waals surface area contributed by atoms with Crippen LogP contribution in [0.25, 0.3) is 0 Å². The lowest BCUT2D eigenvalue weighted by Gasteiger charge is -2.16. The summed E-state index contributed by atoms with van der Waals surface area (Å²) in [5, 5.41) is 6.32. The summed E-state index contributed by atoms with van der Waals surface area (Å²) in [6.45, 7) is -2.99. The van der Waals surface area contributed by atoms with Gasteiger partial charge in [0, 0.05) is 12.1 Å². The second kappa shape index (κ2) is 9.80. The third kappa shape index (κ3) is 5.37. The molecular weight excluding hydrogens is 492 g/mol. The summed E-state index contributed by atoms with van der Waals surface area (Å²) in [7, 11) is 0. The number of carbonyl (C=O) groups excluding carboxylic acids is 1. The molecule has 0 radical (unpaired) electrons. The van der Waals surface area contributed by atoms with E-state index >= 15 is 0 Å². The second-order valence-corrected chi connectivity index (χ2v) is 7.59. The molecule has 0 fully saturated rings. The van der Waals surface area contributed by atoms with Gasteiger partial charge in [-0.15, -0.1) is 0 Å². The highest BCUT2D eigenvalue weighted by molar-refractivity contribution is 6.03. The van der Waals surface area contributed by atoms with Gasteiger partial charge in [-0.25, -0.2) is 10.2 Å². The number of nitrogens with one attached hydrogen (secondary N) is 2. The lowest BCUT2D eigenvalue weighted by atomic mass is 10.0. The number of rotatable bonds is 7. The van der Waals surface area contributed by atoms with Crippen LogP contribution in [0.5, 0.6) is 11.5 Å². The van der Waals surface area contributed by atoms with Crippen LogP contribution < -0.4 is 20.2 Å². The van der Waals surface area contributed by atoms with Gasteiger partial charge in [-0.1, -0.05) is 30.3 Å². The number of ether oxygens (including phenoxy) is 2. The van der Waals surface area contributed by atoms with E-state index in [0.717, 1.165) is 17.7 Å². The first kappa shape index (κ1) is 24.9. The molecule has 0 saturated heterocycles. The van der Waals surface area contributed by atoms with Crippen molar-refractivity contribution in [1.82, 2.24) is 5.43 Å². The van der Waals surface area contributed by atoms with E-state index in [4.69, 9.17) is 0 Å². The number of fused-ring (bicyclic) bond motifs is 1. The number of hydrogen-bond donors (Lipinski definition) is 2. The third-order valence-electron chi connectivity index (χ3n) is 5.10. The largest absolute Gasteiger partial charge is 0.469 e. The van der Waals surface area contributed by atoms with Crippen molar-refractivity contribution in [3.05, 3.63) is 89.5 Å². The molecule has 36 heavy (non-hydrogen) atoms. The molecular formula is C24H17F6N3O3. The van der Waals surface area contributed by atoms with Crippen LogP contribution in [-0.2, 0) is 12.3 Å². The smallest absolute Gasteiger partial charge is 0.435 e. The van der Waals surface area contributed by atoms with Gasteiger partial charge in [0.05, 0.1) is 11.3 Å². The Morgan fingerprint density at radius 1 is 0.972 bits per heavy atom. The van der Waals surface area contributed by atoms with Crippen LogP contribution in [0.4, 0.5) is 36.8 Å². The molecule has 1 aliphatic heterocycles. The Labute approximate surface area is 200 Å². The molecule has 0 bridgehead atoms. The van der Waals surface area contributed by atoms with E-state index in [-0.39, 0.29) is 17.9 Å². The molecule has 0 atom stereocenters. The highest BCUT2D eigenvalue weighted by Crippen LogP contribution is 2.53. The normalized spacial score (nSPS) is 15.7. The average molecular weight is 509 g/mol. The molecule has 4 rings (SSSR count). The zero-order chi connectivity index (χ0) is 25.9. The van der Waals surface area contributed by atoms with Crippen molar-refractivity contribution in [3.63, 3.8) is 0 Å². The van der Waals surface area contributed by atoms with E-state index in [9.17, 15) is 31.1 Å². The van der Waals surface area contributed by atoms with Gasteiger partial charge in [0.15, 0.2) is 0 Å². The van der Waals surface area contributed by atoms with Crippen LogP contribution in [-0.4, -0.2) is 24.5 Å². The molecule has 12 heteroatoms. The monoisotopic (exact) mass is 509 g/mol.